The Kier molecular flexibility index (Phi) is 8.27. The number of aliphatic hydroxyl groups excluding tert-OH is 4. The molecule has 0 spiro atoms. The van der Waals surface area contributed by atoms with Crippen molar-refractivity contribution in [3.8, 4) is 0 Å². The van der Waals surface area contributed by atoms with E-state index in [4.69, 9.17) is 16.3 Å². The summed E-state index contributed by atoms with van der Waals surface area (Å²) in [7, 11) is 0. The van der Waals surface area contributed by atoms with E-state index < -0.39 is 43.3 Å². The maximum atomic E-state index is 12.5. The number of hydrogen-bond donors (Lipinski definition) is 4. The minimum atomic E-state index is -1.63. The smallest absolute Gasteiger partial charge is 0.345 e. The number of alkyl halides is 1. The van der Waals surface area contributed by atoms with Gasteiger partial charge in [0, 0.05) is 12.4 Å². The lowest BCUT2D eigenvalue weighted by Crippen LogP contribution is -2.65. The molecule has 0 bridgehead atoms. The fourth-order valence-corrected chi connectivity index (χ4v) is 2.58. The number of hydrogen-bond acceptors (Lipinski definition) is 8. The molecule has 4 N–H and O–H groups in total. The van der Waals surface area contributed by atoms with Gasteiger partial charge in [0.25, 0.3) is 0 Å². The third kappa shape index (κ3) is 4.74. The number of nitrogens with zero attached hydrogens (tertiary/aromatic N) is 3. The third-order valence-corrected chi connectivity index (χ3v) is 3.77. The van der Waals surface area contributed by atoms with Gasteiger partial charge in [0.15, 0.2) is 6.23 Å². The van der Waals surface area contributed by atoms with Crippen LogP contribution >= 0.6 is 11.6 Å². The summed E-state index contributed by atoms with van der Waals surface area (Å²) in [5.74, 6) is -0.0902. The maximum Gasteiger partial charge on any atom is 0.345 e. The highest BCUT2D eigenvalue weighted by Gasteiger charge is 2.47. The number of ether oxygens (including phenoxy) is 1. The first-order valence-electron chi connectivity index (χ1n) is 7.56. The average molecular weight is 370 g/mol. The van der Waals surface area contributed by atoms with Gasteiger partial charge >= 0.3 is 6.03 Å². The van der Waals surface area contributed by atoms with Crippen molar-refractivity contribution in [3.05, 3.63) is 4.91 Å². The van der Waals surface area contributed by atoms with Crippen LogP contribution in [0.25, 0.3) is 0 Å². The number of urea groups is 1. The molecule has 0 aromatic heterocycles. The Morgan fingerprint density at radius 3 is 2.33 bits per heavy atom. The van der Waals surface area contributed by atoms with Crippen LogP contribution < -0.4 is 0 Å². The highest BCUT2D eigenvalue weighted by Crippen LogP contribution is 2.25. The molecular weight excluding hydrogens is 346 g/mol. The molecule has 0 saturated carbocycles. The first kappa shape index (κ1) is 21.0. The summed E-state index contributed by atoms with van der Waals surface area (Å²) >= 11 is 5.53. The number of rotatable bonds is 7. The molecular formula is C13H24ClN3O7. The van der Waals surface area contributed by atoms with E-state index in [1.807, 2.05) is 0 Å². The van der Waals surface area contributed by atoms with Crippen molar-refractivity contribution in [2.45, 2.75) is 44.5 Å². The first-order chi connectivity index (χ1) is 11.3. The van der Waals surface area contributed by atoms with Crippen LogP contribution in [0.1, 0.15) is 13.8 Å². The summed E-state index contributed by atoms with van der Waals surface area (Å²) in [5.41, 5.74) is 0. The minimum absolute atomic E-state index is 0.0261. The molecule has 140 valence electrons. The lowest BCUT2D eigenvalue weighted by molar-refractivity contribution is -0.259. The predicted octanol–water partition coefficient (Wildman–Crippen LogP) is -0.913. The number of aliphatic hydroxyl groups is 4. The Hall–Kier alpha value is -1.04. The van der Waals surface area contributed by atoms with Gasteiger partial charge in [-0.1, -0.05) is 13.8 Å². The molecule has 1 rings (SSSR count). The first-order valence-corrected chi connectivity index (χ1v) is 8.09. The second-order valence-electron chi connectivity index (χ2n) is 5.94. The number of carbonyl (C=O) groups excluding carboxylic acids is 1. The molecule has 0 aromatic carbocycles. The van der Waals surface area contributed by atoms with Crippen molar-refractivity contribution >= 4 is 17.6 Å². The number of nitroso groups, excluding NO2 is 1. The van der Waals surface area contributed by atoms with Crippen molar-refractivity contribution in [1.29, 1.82) is 0 Å². The predicted molar refractivity (Wildman–Crippen MR) is 83.9 cm³/mol. The fourth-order valence-electron chi connectivity index (χ4n) is 2.42. The molecule has 10 nitrogen and oxygen atoms in total. The van der Waals surface area contributed by atoms with Crippen LogP contribution in [-0.2, 0) is 4.74 Å². The van der Waals surface area contributed by atoms with Crippen LogP contribution in [0.4, 0.5) is 4.79 Å². The molecule has 11 heteroatoms. The van der Waals surface area contributed by atoms with E-state index in [0.29, 0.717) is 5.01 Å². The Bertz CT molecular complexity index is 426. The molecule has 0 radical (unpaired) electrons. The van der Waals surface area contributed by atoms with E-state index in [2.05, 4.69) is 5.29 Å². The largest absolute Gasteiger partial charge is 0.394 e. The second-order valence-corrected chi connectivity index (χ2v) is 6.32. The van der Waals surface area contributed by atoms with Crippen molar-refractivity contribution in [2.24, 2.45) is 11.2 Å². The molecule has 1 saturated heterocycles. The highest BCUT2D eigenvalue weighted by atomic mass is 35.5. The number of carbonyl (C=O) groups is 1. The van der Waals surface area contributed by atoms with Gasteiger partial charge in [-0.2, -0.15) is 5.01 Å². The summed E-state index contributed by atoms with van der Waals surface area (Å²) in [6.07, 6.45) is -7.33. The Labute approximate surface area is 144 Å². The van der Waals surface area contributed by atoms with E-state index in [1.165, 1.54) is 0 Å². The van der Waals surface area contributed by atoms with Gasteiger partial charge in [-0.05, 0) is 5.92 Å². The van der Waals surface area contributed by atoms with E-state index >= 15 is 0 Å². The molecule has 1 heterocycles. The van der Waals surface area contributed by atoms with Crippen LogP contribution in [0.3, 0.4) is 0 Å². The topological polar surface area (TPSA) is 143 Å². The molecule has 0 unspecified atom stereocenters. The summed E-state index contributed by atoms with van der Waals surface area (Å²) in [5, 5.41) is 42.3. The zero-order valence-corrected chi connectivity index (χ0v) is 14.3. The fraction of sp³-hybridized carbons (Fsp3) is 0.923. The van der Waals surface area contributed by atoms with E-state index in [-0.39, 0.29) is 24.9 Å². The Balaban J connectivity index is 3.09. The SMILES string of the molecule is CC(C)CN(C(=O)N(CCCl)N=O)[C@@H]1O[C@H](CO)[C@H](O)[C@H](O)[C@H]1O. The van der Waals surface area contributed by atoms with E-state index in [1.54, 1.807) is 13.8 Å². The Morgan fingerprint density at radius 2 is 1.88 bits per heavy atom. The normalized spacial score (nSPS) is 30.2. The van der Waals surface area contributed by atoms with Gasteiger partial charge in [0.1, 0.15) is 24.4 Å². The van der Waals surface area contributed by atoms with Crippen molar-refractivity contribution in [1.82, 2.24) is 9.91 Å². The quantitative estimate of drug-likeness (QED) is 0.258. The third-order valence-electron chi connectivity index (χ3n) is 3.60. The van der Waals surface area contributed by atoms with Crippen LogP contribution in [0, 0.1) is 10.8 Å². The molecule has 24 heavy (non-hydrogen) atoms. The van der Waals surface area contributed by atoms with Gasteiger partial charge < -0.3 is 25.2 Å². The van der Waals surface area contributed by atoms with E-state index in [0.717, 1.165) is 4.90 Å². The molecule has 1 aliphatic rings. The van der Waals surface area contributed by atoms with Gasteiger partial charge in [-0.25, -0.2) is 4.79 Å². The number of halogens is 1. The second kappa shape index (κ2) is 9.44. The van der Waals surface area contributed by atoms with E-state index in [9.17, 15) is 30.1 Å². The number of amides is 2. The van der Waals surface area contributed by atoms with Crippen LogP contribution in [-0.4, -0.2) is 92.6 Å². The lowest BCUT2D eigenvalue weighted by Gasteiger charge is -2.45. The van der Waals surface area contributed by atoms with Gasteiger partial charge in [0.05, 0.1) is 18.4 Å². The standard InChI is InChI=1S/C13H24ClN3O7/c1-7(2)5-16(13(22)17(15-23)4-3-14)12-11(21)10(20)9(19)8(6-18)24-12/h7-12,18-21H,3-6H2,1-2H3/t8-,9+,10+,11-,12-/m1/s1. The van der Waals surface area contributed by atoms with Gasteiger partial charge in [0.2, 0.25) is 0 Å². The van der Waals surface area contributed by atoms with Crippen molar-refractivity contribution in [3.63, 3.8) is 0 Å². The molecule has 0 aromatic rings. The van der Waals surface area contributed by atoms with Crippen LogP contribution in [0.2, 0.25) is 0 Å². The molecule has 2 amide bonds. The lowest BCUT2D eigenvalue weighted by atomic mass is 9.97. The maximum absolute atomic E-state index is 12.5. The summed E-state index contributed by atoms with van der Waals surface area (Å²) in [4.78, 5) is 24.4. The van der Waals surface area contributed by atoms with Crippen molar-refractivity contribution < 1.29 is 30.0 Å². The van der Waals surface area contributed by atoms with Crippen molar-refractivity contribution in [2.75, 3.05) is 25.6 Å². The molecule has 0 aliphatic carbocycles. The minimum Gasteiger partial charge on any atom is -0.394 e. The summed E-state index contributed by atoms with van der Waals surface area (Å²) in [6.45, 7) is 2.91. The zero-order chi connectivity index (χ0) is 18.4. The summed E-state index contributed by atoms with van der Waals surface area (Å²) < 4.78 is 5.38. The van der Waals surface area contributed by atoms with Gasteiger partial charge in [-0.3, -0.25) is 4.90 Å². The Morgan fingerprint density at radius 1 is 1.25 bits per heavy atom. The molecule has 1 aliphatic heterocycles. The zero-order valence-electron chi connectivity index (χ0n) is 13.5. The highest BCUT2D eigenvalue weighted by molar-refractivity contribution is 6.18. The molecule has 5 atom stereocenters. The summed E-state index contributed by atoms with van der Waals surface area (Å²) in [6, 6.07) is -0.858. The monoisotopic (exact) mass is 369 g/mol. The van der Waals surface area contributed by atoms with Crippen LogP contribution in [0.15, 0.2) is 5.29 Å². The molecule has 1 fully saturated rings. The van der Waals surface area contributed by atoms with Gasteiger partial charge in [-0.15, -0.1) is 16.5 Å². The van der Waals surface area contributed by atoms with Crippen LogP contribution in [0.5, 0.6) is 0 Å². The average Bonchev–Trinajstić information content (AvgIpc) is 2.55.